The normalized spacial score (nSPS) is 9.94. The number of para-hydroxylation sites is 1. The highest BCUT2D eigenvalue weighted by molar-refractivity contribution is 7.75. The number of aromatic nitrogens is 5. The molecule has 1 aromatic carbocycles. The molecule has 0 atom stereocenters. The van der Waals surface area contributed by atoms with Gasteiger partial charge in [-0.15, -0.1) is 0 Å². The Morgan fingerprint density at radius 1 is 1.24 bits per heavy atom. The van der Waals surface area contributed by atoms with E-state index in [-0.39, 0.29) is 0 Å². The van der Waals surface area contributed by atoms with Gasteiger partial charge in [-0.25, -0.2) is 0 Å². The molecule has 3 N–H and O–H groups in total. The average Bonchev–Trinajstić information content (AvgIpc) is 2.91. The van der Waals surface area contributed by atoms with E-state index in [0.717, 1.165) is 20.4 Å². The quantitative estimate of drug-likeness (QED) is 0.554. The van der Waals surface area contributed by atoms with Gasteiger partial charge < -0.3 is 0 Å². The molecule has 0 saturated carbocycles. The summed E-state index contributed by atoms with van der Waals surface area (Å²) in [5.41, 5.74) is 3.05. The van der Waals surface area contributed by atoms with E-state index in [0.29, 0.717) is 4.64 Å². The van der Waals surface area contributed by atoms with Crippen molar-refractivity contribution in [3.05, 3.63) is 32.2 Å². The van der Waals surface area contributed by atoms with Crippen molar-refractivity contribution >= 4 is 47.0 Å². The lowest BCUT2D eigenvalue weighted by atomic mass is 10.2. The summed E-state index contributed by atoms with van der Waals surface area (Å²) in [6.07, 6.45) is 0. The van der Waals surface area contributed by atoms with Crippen molar-refractivity contribution in [2.24, 2.45) is 0 Å². The lowest BCUT2D eigenvalue weighted by Crippen LogP contribution is -1.73. The summed E-state index contributed by atoms with van der Waals surface area (Å²) < 4.78 is 4.05. The molecule has 5 nitrogen and oxygen atoms in total. The molecule has 0 aliphatic carbocycles. The van der Waals surface area contributed by atoms with Crippen LogP contribution in [0.1, 0.15) is 5.56 Å². The fourth-order valence-corrected chi connectivity index (χ4v) is 2.03. The number of nitrogens with one attached hydrogen (secondary N) is 3. The first kappa shape index (κ1) is 12.1. The fourth-order valence-electron chi connectivity index (χ4n) is 1.22. The molecule has 0 bridgehead atoms. The molecule has 0 spiro atoms. The van der Waals surface area contributed by atoms with E-state index in [1.54, 1.807) is 0 Å². The number of nitrogens with zero attached hydrogens (tertiary/aromatic N) is 2. The third kappa shape index (κ3) is 2.84. The molecule has 3 rings (SSSR count). The topological polar surface area (TPSA) is 73.2 Å². The summed E-state index contributed by atoms with van der Waals surface area (Å²) in [5.74, 6) is 0. The van der Waals surface area contributed by atoms with Gasteiger partial charge in [0.05, 0.1) is 0 Å². The van der Waals surface area contributed by atoms with Crippen LogP contribution in [-0.4, -0.2) is 25.0 Å². The minimum atomic E-state index is 0.625. The van der Waals surface area contributed by atoms with Crippen molar-refractivity contribution in [2.75, 3.05) is 0 Å². The minimum Gasteiger partial charge on any atom is -0.280 e. The standard InChI is InChI=1S/C7H7N3.C2H2N2S3/c1-5-3-2-4-6-7(5)9-10-8-6;5-1-2(6)7-4-3-1/h2-4H,1H3,(H,8,9,10);4H,(H,3,5). The molecular weight excluding hydrogens is 274 g/mol. The third-order valence-electron chi connectivity index (χ3n) is 2.04. The average molecular weight is 283 g/mol. The summed E-state index contributed by atoms with van der Waals surface area (Å²) >= 11 is 10.8. The Morgan fingerprint density at radius 2 is 2.06 bits per heavy atom. The second-order valence-electron chi connectivity index (χ2n) is 3.21. The van der Waals surface area contributed by atoms with Crippen LogP contribution in [0.5, 0.6) is 0 Å². The van der Waals surface area contributed by atoms with Crippen molar-refractivity contribution in [3.63, 3.8) is 0 Å². The van der Waals surface area contributed by atoms with E-state index >= 15 is 0 Å². The van der Waals surface area contributed by atoms with Crippen LogP contribution in [0.25, 0.3) is 11.0 Å². The predicted octanol–water partition coefficient (Wildman–Crippen LogP) is 3.13. The molecule has 0 unspecified atom stereocenters. The molecule has 0 aliphatic rings. The lowest BCUT2D eigenvalue weighted by molar-refractivity contribution is 0.958. The van der Waals surface area contributed by atoms with E-state index in [9.17, 15) is 0 Å². The Bertz CT molecular complexity index is 695. The van der Waals surface area contributed by atoms with Crippen LogP contribution < -0.4 is 0 Å². The summed E-state index contributed by atoms with van der Waals surface area (Å²) in [5, 5.41) is 13.2. The molecule has 2 heterocycles. The largest absolute Gasteiger partial charge is 0.280 e. The third-order valence-corrected chi connectivity index (χ3v) is 3.65. The van der Waals surface area contributed by atoms with Gasteiger partial charge in [-0.3, -0.25) is 9.59 Å². The zero-order chi connectivity index (χ0) is 12.3. The Kier molecular flexibility index (Phi) is 3.77. The fraction of sp³-hybridized carbons (Fsp3) is 0.111. The Morgan fingerprint density at radius 3 is 2.59 bits per heavy atom. The molecule has 3 aromatic rings. The van der Waals surface area contributed by atoms with Crippen LogP contribution in [0, 0.1) is 15.4 Å². The van der Waals surface area contributed by atoms with E-state index in [2.05, 4.69) is 25.0 Å². The molecule has 2 aromatic heterocycles. The maximum atomic E-state index is 4.74. The highest BCUT2D eigenvalue weighted by atomic mass is 32.2. The molecule has 88 valence electrons. The van der Waals surface area contributed by atoms with Gasteiger partial charge in [0.2, 0.25) is 0 Å². The van der Waals surface area contributed by atoms with Crippen LogP contribution in [0.3, 0.4) is 0 Å². The second kappa shape index (κ2) is 5.30. The molecular formula is C9H9N5S3. The van der Waals surface area contributed by atoms with E-state index in [1.165, 1.54) is 11.5 Å². The van der Waals surface area contributed by atoms with Gasteiger partial charge in [-0.2, -0.15) is 15.4 Å². The summed E-state index contributed by atoms with van der Waals surface area (Å²) in [7, 11) is 0. The Labute approximate surface area is 111 Å². The molecule has 0 aliphatic heterocycles. The number of fused-ring (bicyclic) bond motifs is 1. The van der Waals surface area contributed by atoms with Gasteiger partial charge in [0.15, 0.2) is 0 Å². The van der Waals surface area contributed by atoms with E-state index in [4.69, 9.17) is 24.4 Å². The van der Waals surface area contributed by atoms with Gasteiger partial charge in [0.25, 0.3) is 0 Å². The Balaban J connectivity index is 0.000000136. The summed E-state index contributed by atoms with van der Waals surface area (Å²) in [6, 6.07) is 5.93. The van der Waals surface area contributed by atoms with Gasteiger partial charge >= 0.3 is 0 Å². The molecule has 17 heavy (non-hydrogen) atoms. The zero-order valence-corrected chi connectivity index (χ0v) is 11.3. The molecule has 8 heteroatoms. The number of rotatable bonds is 0. The van der Waals surface area contributed by atoms with E-state index in [1.807, 2.05) is 25.1 Å². The molecule has 0 saturated heterocycles. The van der Waals surface area contributed by atoms with Gasteiger partial charge in [0, 0.05) is 0 Å². The molecule has 0 fully saturated rings. The Hall–Kier alpha value is -1.38. The first-order valence-electron chi connectivity index (χ1n) is 4.70. The number of benzene rings is 1. The smallest absolute Gasteiger partial charge is 0.148 e. The van der Waals surface area contributed by atoms with Crippen molar-refractivity contribution in [2.45, 2.75) is 6.92 Å². The molecule has 0 amide bonds. The number of hydrogen-bond donors (Lipinski definition) is 3. The SMILES string of the molecule is Cc1cccc2n[nH]nc12.S=c1[nH][nH]sc1=S. The minimum absolute atomic E-state index is 0.625. The number of hydrogen-bond acceptors (Lipinski definition) is 5. The van der Waals surface area contributed by atoms with Crippen molar-refractivity contribution in [1.29, 1.82) is 0 Å². The monoisotopic (exact) mass is 283 g/mol. The highest BCUT2D eigenvalue weighted by Gasteiger charge is 1.97. The van der Waals surface area contributed by atoms with Crippen LogP contribution in [0.15, 0.2) is 18.2 Å². The van der Waals surface area contributed by atoms with Crippen molar-refractivity contribution in [3.8, 4) is 0 Å². The number of H-pyrrole nitrogens is 3. The van der Waals surface area contributed by atoms with Gasteiger partial charge in [-0.05, 0) is 30.1 Å². The molecule has 0 radical (unpaired) electrons. The van der Waals surface area contributed by atoms with Crippen LogP contribution in [-0.2, 0) is 0 Å². The summed E-state index contributed by atoms with van der Waals surface area (Å²) in [6.45, 7) is 2.02. The van der Waals surface area contributed by atoms with Gasteiger partial charge in [0.1, 0.15) is 19.5 Å². The number of aromatic amines is 3. The second-order valence-corrected chi connectivity index (χ2v) is 5.10. The first-order valence-corrected chi connectivity index (χ1v) is 6.34. The van der Waals surface area contributed by atoms with E-state index < -0.39 is 0 Å². The predicted molar refractivity (Wildman–Crippen MR) is 73.3 cm³/mol. The maximum absolute atomic E-state index is 4.74. The van der Waals surface area contributed by atoms with Crippen LogP contribution >= 0.6 is 36.0 Å². The zero-order valence-electron chi connectivity index (χ0n) is 8.85. The van der Waals surface area contributed by atoms with Crippen molar-refractivity contribution < 1.29 is 0 Å². The van der Waals surface area contributed by atoms with Gasteiger partial charge in [-0.1, -0.05) is 36.6 Å². The summed E-state index contributed by atoms with van der Waals surface area (Å²) in [4.78, 5) is 0. The van der Waals surface area contributed by atoms with Crippen molar-refractivity contribution in [1.82, 2.24) is 25.0 Å². The first-order chi connectivity index (χ1) is 8.18. The van der Waals surface area contributed by atoms with Crippen LogP contribution in [0.4, 0.5) is 0 Å². The lowest BCUT2D eigenvalue weighted by Gasteiger charge is -1.88. The number of aryl methyl sites for hydroxylation is 1. The van der Waals surface area contributed by atoms with Crippen LogP contribution in [0.2, 0.25) is 0 Å². The maximum Gasteiger partial charge on any atom is 0.148 e. The highest BCUT2D eigenvalue weighted by Crippen LogP contribution is 2.10.